The van der Waals surface area contributed by atoms with Crippen molar-refractivity contribution in [2.24, 2.45) is 10.9 Å². The number of para-hydroxylation sites is 2. The van der Waals surface area contributed by atoms with Crippen LogP contribution in [0.3, 0.4) is 0 Å². The Bertz CT molecular complexity index is 1520. The molecule has 5 heteroatoms. The fourth-order valence-electron chi connectivity index (χ4n) is 5.89. The van der Waals surface area contributed by atoms with Gasteiger partial charge in [-0.25, -0.2) is 4.99 Å². The molecule has 0 radical (unpaired) electrons. The summed E-state index contributed by atoms with van der Waals surface area (Å²) in [4.78, 5) is 21.8. The van der Waals surface area contributed by atoms with Gasteiger partial charge in [-0.15, -0.1) is 0 Å². The van der Waals surface area contributed by atoms with Gasteiger partial charge in [0, 0.05) is 34.7 Å². The highest BCUT2D eigenvalue weighted by atomic mass is 32.2. The molecule has 6 rings (SSSR count). The summed E-state index contributed by atoms with van der Waals surface area (Å²) >= 11 is 1.52. The first-order valence-corrected chi connectivity index (χ1v) is 14.4. The van der Waals surface area contributed by atoms with Gasteiger partial charge in [0.25, 0.3) is 5.91 Å². The van der Waals surface area contributed by atoms with Crippen LogP contribution >= 0.6 is 11.8 Å². The number of aromatic nitrogens is 1. The number of rotatable bonds is 5. The van der Waals surface area contributed by atoms with Gasteiger partial charge in [-0.2, -0.15) is 0 Å². The van der Waals surface area contributed by atoms with E-state index in [0.29, 0.717) is 5.92 Å². The van der Waals surface area contributed by atoms with E-state index in [4.69, 9.17) is 4.99 Å². The molecule has 1 saturated heterocycles. The first kappa shape index (κ1) is 24.7. The molecule has 0 N–H and O–H groups in total. The van der Waals surface area contributed by atoms with Crippen molar-refractivity contribution in [1.29, 1.82) is 0 Å². The van der Waals surface area contributed by atoms with E-state index < -0.39 is 0 Å². The number of hydrogen-bond donors (Lipinski definition) is 0. The lowest BCUT2D eigenvalue weighted by Gasteiger charge is -2.35. The first-order valence-electron chi connectivity index (χ1n) is 13.6. The molecule has 4 nitrogen and oxygen atoms in total. The van der Waals surface area contributed by atoms with Crippen LogP contribution in [-0.4, -0.2) is 26.6 Å². The first-order chi connectivity index (χ1) is 18.6. The fraction of sp³-hybridized carbons (Fsp3) is 0.273. The van der Waals surface area contributed by atoms with Crippen LogP contribution in [0.25, 0.3) is 17.0 Å². The molecule has 2 fully saturated rings. The summed E-state index contributed by atoms with van der Waals surface area (Å²) in [5.41, 5.74) is 5.61. The second-order valence-corrected chi connectivity index (χ2v) is 11.4. The zero-order chi connectivity index (χ0) is 26.1. The predicted octanol–water partition coefficient (Wildman–Crippen LogP) is 8.18. The molecule has 1 aliphatic heterocycles. The molecule has 2 aliphatic rings. The van der Waals surface area contributed by atoms with Gasteiger partial charge in [-0.05, 0) is 67.3 Å². The summed E-state index contributed by atoms with van der Waals surface area (Å²) in [6.45, 7) is 5.24. The highest BCUT2D eigenvalue weighted by molar-refractivity contribution is 8.18. The van der Waals surface area contributed by atoms with Gasteiger partial charge >= 0.3 is 0 Å². The van der Waals surface area contributed by atoms with Gasteiger partial charge in [0.05, 0.1) is 10.6 Å². The van der Waals surface area contributed by atoms with Crippen molar-refractivity contribution in [1.82, 2.24) is 9.47 Å². The van der Waals surface area contributed by atoms with E-state index in [2.05, 4.69) is 79.1 Å². The minimum Gasteiger partial charge on any atom is -0.340 e. The summed E-state index contributed by atoms with van der Waals surface area (Å²) in [6, 6.07) is 29.3. The third-order valence-corrected chi connectivity index (χ3v) is 8.94. The van der Waals surface area contributed by atoms with Crippen molar-refractivity contribution in [3.63, 3.8) is 0 Å². The van der Waals surface area contributed by atoms with Gasteiger partial charge < -0.3 is 4.57 Å². The molecular weight excluding hydrogens is 486 g/mol. The molecule has 3 aromatic carbocycles. The zero-order valence-corrected chi connectivity index (χ0v) is 22.8. The normalized spacial score (nSPS) is 22.2. The number of carbonyl (C=O) groups is 1. The molecule has 1 aromatic heterocycles. The number of hydrogen-bond acceptors (Lipinski definition) is 3. The molecular formula is C33H33N3OS. The van der Waals surface area contributed by atoms with E-state index in [9.17, 15) is 4.79 Å². The summed E-state index contributed by atoms with van der Waals surface area (Å²) < 4.78 is 2.36. The van der Waals surface area contributed by atoms with E-state index in [1.165, 1.54) is 40.3 Å². The smallest absolute Gasteiger partial charge is 0.267 e. The molecule has 1 amide bonds. The van der Waals surface area contributed by atoms with Crippen molar-refractivity contribution < 1.29 is 4.79 Å². The van der Waals surface area contributed by atoms with Crippen LogP contribution in [0.15, 0.2) is 94.8 Å². The molecule has 1 saturated carbocycles. The average Bonchev–Trinajstić information content (AvgIpc) is 3.39. The monoisotopic (exact) mass is 519 g/mol. The Balaban J connectivity index is 1.43. The topological polar surface area (TPSA) is 37.6 Å². The molecule has 4 aromatic rings. The third kappa shape index (κ3) is 4.71. The Labute approximate surface area is 229 Å². The Morgan fingerprint density at radius 3 is 2.37 bits per heavy atom. The zero-order valence-electron chi connectivity index (χ0n) is 22.0. The van der Waals surface area contributed by atoms with Crippen LogP contribution in [-0.2, 0) is 11.3 Å². The Morgan fingerprint density at radius 1 is 0.921 bits per heavy atom. The Kier molecular flexibility index (Phi) is 6.94. The number of amides is 1. The minimum absolute atomic E-state index is 0.0859. The predicted molar refractivity (Wildman–Crippen MR) is 160 cm³/mol. The highest BCUT2D eigenvalue weighted by Crippen LogP contribution is 2.41. The van der Waals surface area contributed by atoms with Crippen LogP contribution in [0.1, 0.15) is 49.4 Å². The second-order valence-electron chi connectivity index (χ2n) is 10.4. The van der Waals surface area contributed by atoms with E-state index in [-0.39, 0.29) is 11.9 Å². The van der Waals surface area contributed by atoms with Gasteiger partial charge in [0.15, 0.2) is 5.17 Å². The van der Waals surface area contributed by atoms with E-state index >= 15 is 0 Å². The van der Waals surface area contributed by atoms with Gasteiger partial charge in [0.2, 0.25) is 0 Å². The number of amidine groups is 1. The maximum absolute atomic E-state index is 14.0. The minimum atomic E-state index is 0.0859. The van der Waals surface area contributed by atoms with E-state index in [1.807, 2.05) is 35.2 Å². The maximum Gasteiger partial charge on any atom is 0.267 e. The summed E-state index contributed by atoms with van der Waals surface area (Å²) in [7, 11) is 0. The number of nitrogens with zero attached hydrogens (tertiary/aromatic N) is 3. The SMILES string of the molecule is Cc1c(/C=C2\SC(=Nc3ccccc3)N([C@@H]3CCCC[C@@H]3C)C2=O)c2ccccc2n1Cc1ccccc1. The number of fused-ring (bicyclic) bond motifs is 1. The van der Waals surface area contributed by atoms with E-state index in [1.54, 1.807) is 0 Å². The summed E-state index contributed by atoms with van der Waals surface area (Å²) in [6.07, 6.45) is 6.70. The second kappa shape index (κ2) is 10.7. The van der Waals surface area contributed by atoms with Crippen LogP contribution in [0.2, 0.25) is 0 Å². The van der Waals surface area contributed by atoms with Crippen molar-refractivity contribution in [2.75, 3.05) is 0 Å². The quantitative estimate of drug-likeness (QED) is 0.249. The largest absolute Gasteiger partial charge is 0.340 e. The van der Waals surface area contributed by atoms with Crippen LogP contribution in [0.4, 0.5) is 5.69 Å². The average molecular weight is 520 g/mol. The van der Waals surface area contributed by atoms with Crippen LogP contribution in [0, 0.1) is 12.8 Å². The van der Waals surface area contributed by atoms with Gasteiger partial charge in [-0.1, -0.05) is 86.5 Å². The van der Waals surface area contributed by atoms with Gasteiger partial charge in [0.1, 0.15) is 0 Å². The van der Waals surface area contributed by atoms with Crippen LogP contribution in [0.5, 0.6) is 0 Å². The van der Waals surface area contributed by atoms with Crippen LogP contribution < -0.4 is 0 Å². The lowest BCUT2D eigenvalue weighted by atomic mass is 9.85. The molecule has 2 atom stereocenters. The molecule has 192 valence electrons. The highest BCUT2D eigenvalue weighted by Gasteiger charge is 2.41. The lowest BCUT2D eigenvalue weighted by molar-refractivity contribution is -0.124. The molecule has 0 bridgehead atoms. The van der Waals surface area contributed by atoms with Gasteiger partial charge in [-0.3, -0.25) is 9.69 Å². The number of aliphatic imine (C=N–C) groups is 1. The number of benzene rings is 3. The summed E-state index contributed by atoms with van der Waals surface area (Å²) in [5, 5.41) is 1.98. The van der Waals surface area contributed by atoms with Crippen molar-refractivity contribution in [2.45, 2.75) is 52.1 Å². The maximum atomic E-state index is 14.0. The molecule has 0 spiro atoms. The molecule has 2 heterocycles. The molecule has 38 heavy (non-hydrogen) atoms. The third-order valence-electron chi connectivity index (χ3n) is 7.95. The molecule has 1 aliphatic carbocycles. The summed E-state index contributed by atoms with van der Waals surface area (Å²) in [5.74, 6) is 0.547. The van der Waals surface area contributed by atoms with Crippen molar-refractivity contribution >= 4 is 45.5 Å². The number of thioether (sulfide) groups is 1. The van der Waals surface area contributed by atoms with Crippen molar-refractivity contribution in [3.8, 4) is 0 Å². The van der Waals surface area contributed by atoms with E-state index in [0.717, 1.165) is 47.1 Å². The Hall–Kier alpha value is -3.57. The molecule has 0 unspecified atom stereocenters. The number of carbonyl (C=O) groups excluding carboxylic acids is 1. The van der Waals surface area contributed by atoms with Crippen molar-refractivity contribution in [3.05, 3.63) is 107 Å². The Morgan fingerprint density at radius 2 is 1.61 bits per heavy atom. The lowest BCUT2D eigenvalue weighted by Crippen LogP contribution is -2.44. The fourth-order valence-corrected chi connectivity index (χ4v) is 6.92. The standard InChI is InChI=1S/C33H33N3OS/c1-23-13-9-11-19-29(23)36-32(37)31(38-33(36)34-26-16-7-4-8-17-26)21-28-24(2)35(22-25-14-5-3-6-15-25)30-20-12-10-18-27(28)30/h3-8,10,12,14-18,20-21,23,29H,9,11,13,19,22H2,1-2H3/b31-21-,34-33?/t23-,29+/m0/s1.